The van der Waals surface area contributed by atoms with Crippen LogP contribution in [0.5, 0.6) is 0 Å². The number of rotatable bonds is 4. The van der Waals surface area contributed by atoms with Gasteiger partial charge in [0.05, 0.1) is 10.6 Å². The van der Waals surface area contributed by atoms with E-state index in [1.54, 1.807) is 0 Å². The summed E-state index contributed by atoms with van der Waals surface area (Å²) in [5, 5.41) is 9.77. The molecule has 1 spiro atoms. The lowest BCUT2D eigenvalue weighted by Crippen LogP contribution is -2.55. The molecule has 47 heavy (non-hydrogen) atoms. The number of piperidine rings is 2. The number of piperazine rings is 1. The Labute approximate surface area is 285 Å². The van der Waals surface area contributed by atoms with Gasteiger partial charge < -0.3 is 24.3 Å². The minimum atomic E-state index is -0.478. The highest BCUT2D eigenvalue weighted by Gasteiger charge is 2.44. The zero-order chi connectivity index (χ0) is 33.3. The van der Waals surface area contributed by atoms with Gasteiger partial charge in [0.2, 0.25) is 0 Å². The van der Waals surface area contributed by atoms with Gasteiger partial charge in [0.15, 0.2) is 0 Å². The number of likely N-dealkylation sites (tertiary alicyclic amines) is 1. The van der Waals surface area contributed by atoms with Crippen LogP contribution in [-0.4, -0.2) is 103 Å². The van der Waals surface area contributed by atoms with Gasteiger partial charge in [-0.3, -0.25) is 9.69 Å². The maximum absolute atomic E-state index is 13.4. The fourth-order valence-corrected chi connectivity index (χ4v) is 8.28. The Morgan fingerprint density at radius 2 is 1.53 bits per heavy atom. The molecule has 0 saturated carbocycles. The minimum absolute atomic E-state index is 0.116. The number of carbonyl (C=O) groups excluding carboxylic acids is 2. The summed E-state index contributed by atoms with van der Waals surface area (Å²) in [6.45, 7) is 15.6. The molecule has 0 bridgehead atoms. The summed E-state index contributed by atoms with van der Waals surface area (Å²) in [5.41, 5.74) is 3.36. The molecule has 0 N–H and O–H groups in total. The van der Waals surface area contributed by atoms with Gasteiger partial charge in [-0.15, -0.1) is 0 Å². The van der Waals surface area contributed by atoms with Gasteiger partial charge in [-0.05, 0) is 108 Å². The molecule has 4 aliphatic heterocycles. The summed E-state index contributed by atoms with van der Waals surface area (Å²) in [6.07, 6.45) is 5.10. The third-order valence-corrected chi connectivity index (χ3v) is 11.0. The molecule has 0 aliphatic carbocycles. The SMILES string of the molecule is C[C@H]1CC2(CCN(c3ccc(C(=O)N4CCC(N5CCN(C(=O)OC(C)(C)C)CC5)CC4)cc3)CC2)CN1c1ccc(C#N)c(Cl)c1. The van der Waals surface area contributed by atoms with E-state index in [4.69, 9.17) is 16.3 Å². The second-order valence-corrected chi connectivity index (χ2v) is 15.4. The monoisotopic (exact) mass is 660 g/mol. The van der Waals surface area contributed by atoms with E-state index in [0.717, 1.165) is 89.2 Å². The second kappa shape index (κ2) is 13.6. The van der Waals surface area contributed by atoms with Crippen LogP contribution < -0.4 is 9.80 Å². The fraction of sp³-hybridized carbons (Fsp3) is 0.595. The Morgan fingerprint density at radius 1 is 0.894 bits per heavy atom. The largest absolute Gasteiger partial charge is 0.444 e. The molecule has 6 rings (SSSR count). The predicted molar refractivity (Wildman–Crippen MR) is 186 cm³/mol. The van der Waals surface area contributed by atoms with Crippen LogP contribution in [0.25, 0.3) is 0 Å². The summed E-state index contributed by atoms with van der Waals surface area (Å²) >= 11 is 6.36. The number of anilines is 2. The van der Waals surface area contributed by atoms with Crippen LogP contribution >= 0.6 is 11.6 Å². The Bertz CT molecular complexity index is 1480. The highest BCUT2D eigenvalue weighted by atomic mass is 35.5. The molecule has 10 heteroatoms. The van der Waals surface area contributed by atoms with Crippen molar-refractivity contribution in [3.63, 3.8) is 0 Å². The lowest BCUT2D eigenvalue weighted by Gasteiger charge is -2.42. The summed E-state index contributed by atoms with van der Waals surface area (Å²) in [7, 11) is 0. The Hall–Kier alpha value is -3.48. The number of hydrogen-bond donors (Lipinski definition) is 0. The minimum Gasteiger partial charge on any atom is -0.444 e. The van der Waals surface area contributed by atoms with Gasteiger partial charge in [-0.2, -0.15) is 5.26 Å². The number of nitriles is 1. The summed E-state index contributed by atoms with van der Waals surface area (Å²) < 4.78 is 5.54. The molecule has 2 aromatic rings. The van der Waals surface area contributed by atoms with Crippen molar-refractivity contribution in [3.8, 4) is 6.07 Å². The van der Waals surface area contributed by atoms with E-state index in [1.807, 2.05) is 60.9 Å². The highest BCUT2D eigenvalue weighted by molar-refractivity contribution is 6.32. The number of nitrogens with zero attached hydrogens (tertiary/aromatic N) is 6. The molecule has 2 amide bonds. The predicted octanol–water partition coefficient (Wildman–Crippen LogP) is 6.25. The van der Waals surface area contributed by atoms with E-state index in [0.29, 0.717) is 35.8 Å². The fourth-order valence-electron chi connectivity index (χ4n) is 8.07. The molecule has 4 aliphatic rings. The average molecular weight is 661 g/mol. The second-order valence-electron chi connectivity index (χ2n) is 15.0. The van der Waals surface area contributed by atoms with Crippen LogP contribution in [-0.2, 0) is 4.74 Å². The average Bonchev–Trinajstić information content (AvgIpc) is 3.39. The molecule has 0 unspecified atom stereocenters. The standard InChI is InChI=1S/C37H49ClN6O3/c1-27-24-37(26-44(27)32-10-7-29(25-39)33(38)23-32)13-17-40(18-14-37)30-8-5-28(6-9-30)34(45)42-15-11-31(12-16-42)41-19-21-43(22-20-41)35(46)47-36(2,3)4/h5-10,23,27,31H,11-22,24,26H2,1-4H3/t27-/m0/s1. The quantitative estimate of drug-likeness (QED) is 0.383. The maximum Gasteiger partial charge on any atom is 0.410 e. The molecule has 9 nitrogen and oxygen atoms in total. The van der Waals surface area contributed by atoms with Crippen molar-refractivity contribution in [1.82, 2.24) is 14.7 Å². The first kappa shape index (κ1) is 33.4. The first-order valence-electron chi connectivity index (χ1n) is 17.3. The number of amides is 2. The van der Waals surface area contributed by atoms with Gasteiger partial charge in [0.1, 0.15) is 11.7 Å². The van der Waals surface area contributed by atoms with Crippen molar-refractivity contribution in [2.75, 3.05) is 68.7 Å². The maximum atomic E-state index is 13.4. The van der Waals surface area contributed by atoms with Gasteiger partial charge in [-0.1, -0.05) is 11.6 Å². The molecule has 0 aromatic heterocycles. The zero-order valence-electron chi connectivity index (χ0n) is 28.4. The molecular formula is C37H49ClN6O3. The lowest BCUT2D eigenvalue weighted by molar-refractivity contribution is 0.00577. The van der Waals surface area contributed by atoms with E-state index in [1.165, 1.54) is 5.69 Å². The van der Waals surface area contributed by atoms with E-state index < -0.39 is 5.60 Å². The summed E-state index contributed by atoms with van der Waals surface area (Å²) in [5.74, 6) is 0.116. The third kappa shape index (κ3) is 7.49. The van der Waals surface area contributed by atoms with E-state index in [9.17, 15) is 14.9 Å². The van der Waals surface area contributed by atoms with Crippen LogP contribution in [0.15, 0.2) is 42.5 Å². The molecule has 0 radical (unpaired) electrons. The van der Waals surface area contributed by atoms with E-state index in [-0.39, 0.29) is 17.4 Å². The smallest absolute Gasteiger partial charge is 0.410 e. The van der Waals surface area contributed by atoms with Crippen molar-refractivity contribution in [1.29, 1.82) is 5.26 Å². The van der Waals surface area contributed by atoms with Gasteiger partial charge >= 0.3 is 6.09 Å². The van der Waals surface area contributed by atoms with E-state index in [2.05, 4.69) is 39.8 Å². The Balaban J connectivity index is 0.962. The molecular weight excluding hydrogens is 612 g/mol. The van der Waals surface area contributed by atoms with Crippen LogP contribution in [0.1, 0.15) is 75.7 Å². The van der Waals surface area contributed by atoms with Gasteiger partial charge in [0, 0.05) is 87.9 Å². The number of halogens is 1. The molecule has 252 valence electrons. The Kier molecular flexibility index (Phi) is 9.64. The van der Waals surface area contributed by atoms with E-state index >= 15 is 0 Å². The molecule has 1 atom stereocenters. The number of ether oxygens (including phenoxy) is 1. The van der Waals surface area contributed by atoms with Crippen molar-refractivity contribution in [3.05, 3.63) is 58.6 Å². The first-order valence-corrected chi connectivity index (χ1v) is 17.6. The number of hydrogen-bond acceptors (Lipinski definition) is 7. The van der Waals surface area contributed by atoms with Crippen LogP contribution in [0, 0.1) is 16.7 Å². The topological polar surface area (TPSA) is 83.4 Å². The highest BCUT2D eigenvalue weighted by Crippen LogP contribution is 2.46. The van der Waals surface area contributed by atoms with Crippen LogP contribution in [0.4, 0.5) is 16.2 Å². The number of benzene rings is 2. The molecule has 4 fully saturated rings. The lowest BCUT2D eigenvalue weighted by atomic mass is 9.76. The zero-order valence-corrected chi connectivity index (χ0v) is 29.1. The van der Waals surface area contributed by atoms with Gasteiger partial charge in [0.25, 0.3) is 5.91 Å². The van der Waals surface area contributed by atoms with Crippen LogP contribution in [0.3, 0.4) is 0 Å². The van der Waals surface area contributed by atoms with Crippen molar-refractivity contribution >= 4 is 35.0 Å². The Morgan fingerprint density at radius 3 is 2.13 bits per heavy atom. The van der Waals surface area contributed by atoms with Crippen molar-refractivity contribution in [2.45, 2.75) is 77.5 Å². The normalized spacial score (nSPS) is 22.4. The first-order chi connectivity index (χ1) is 22.4. The van der Waals surface area contributed by atoms with Crippen molar-refractivity contribution < 1.29 is 14.3 Å². The van der Waals surface area contributed by atoms with Crippen LogP contribution in [0.2, 0.25) is 5.02 Å². The van der Waals surface area contributed by atoms with Crippen molar-refractivity contribution in [2.24, 2.45) is 5.41 Å². The summed E-state index contributed by atoms with van der Waals surface area (Å²) in [6, 6.07) is 17.0. The summed E-state index contributed by atoms with van der Waals surface area (Å²) in [4.78, 5) is 37.1. The molecule has 2 aromatic carbocycles. The molecule has 4 heterocycles. The number of carbonyl (C=O) groups is 2. The van der Waals surface area contributed by atoms with Gasteiger partial charge in [-0.25, -0.2) is 4.79 Å². The third-order valence-electron chi connectivity index (χ3n) is 10.7. The molecule has 4 saturated heterocycles.